The smallest absolute Gasteiger partial charge is 0.341 e. The molecule has 9 atom stereocenters. The summed E-state index contributed by atoms with van der Waals surface area (Å²) in [4.78, 5) is 52.8. The normalized spacial score (nSPS) is 35.5. The Morgan fingerprint density at radius 3 is 2.13 bits per heavy atom. The third-order valence-electron chi connectivity index (χ3n) is 9.89. The summed E-state index contributed by atoms with van der Waals surface area (Å²) in [6.07, 6.45) is -0.719. The number of fused-ring (bicyclic) bond motifs is 1. The monoisotopic (exact) mass is 632 g/mol. The predicted octanol–water partition coefficient (Wildman–Crippen LogP) is 3.21. The van der Waals surface area contributed by atoms with Crippen LogP contribution in [0.1, 0.15) is 81.5 Å². The molecule has 2 aliphatic carbocycles. The van der Waals surface area contributed by atoms with Gasteiger partial charge in [-0.1, -0.05) is 13.8 Å². The van der Waals surface area contributed by atoms with Crippen LogP contribution in [-0.4, -0.2) is 81.9 Å². The third kappa shape index (κ3) is 5.14. The van der Waals surface area contributed by atoms with Crippen LogP contribution in [0, 0.1) is 17.3 Å². The maximum atomic E-state index is 13.6. The molecule has 2 aromatic heterocycles. The summed E-state index contributed by atoms with van der Waals surface area (Å²) >= 11 is 0. The van der Waals surface area contributed by atoms with E-state index in [0.717, 1.165) is 13.2 Å². The van der Waals surface area contributed by atoms with Gasteiger partial charge in [-0.2, -0.15) is 0 Å². The van der Waals surface area contributed by atoms with Gasteiger partial charge in [0.1, 0.15) is 42.4 Å². The van der Waals surface area contributed by atoms with Gasteiger partial charge in [0.15, 0.2) is 6.10 Å². The highest BCUT2D eigenvalue weighted by molar-refractivity contribution is 5.90. The Morgan fingerprint density at radius 1 is 1.00 bits per heavy atom. The molecule has 5 rings (SSSR count). The third-order valence-corrected chi connectivity index (χ3v) is 9.89. The van der Waals surface area contributed by atoms with Gasteiger partial charge in [0, 0.05) is 19.3 Å². The van der Waals surface area contributed by atoms with Gasteiger partial charge >= 0.3 is 23.9 Å². The Labute approximate surface area is 260 Å². The molecule has 2 saturated carbocycles. The van der Waals surface area contributed by atoms with Gasteiger partial charge < -0.3 is 42.7 Å². The predicted molar refractivity (Wildman–Crippen MR) is 151 cm³/mol. The summed E-state index contributed by atoms with van der Waals surface area (Å²) in [5.74, 6) is -4.34. The number of hydrogen-bond donors (Lipinski definition) is 2. The molecule has 1 aliphatic heterocycles. The van der Waals surface area contributed by atoms with E-state index in [1.807, 2.05) is 0 Å². The van der Waals surface area contributed by atoms with Crippen molar-refractivity contribution in [2.24, 2.45) is 17.3 Å². The molecule has 2 N–H and O–H groups in total. The van der Waals surface area contributed by atoms with E-state index in [1.54, 1.807) is 27.7 Å². The van der Waals surface area contributed by atoms with Crippen molar-refractivity contribution in [1.82, 2.24) is 0 Å². The largest absolute Gasteiger partial charge is 0.472 e. The molecule has 3 fully saturated rings. The number of ether oxygens (including phenoxy) is 5. The lowest BCUT2D eigenvalue weighted by molar-refractivity contribution is -0.354. The zero-order chi connectivity index (χ0) is 32.9. The number of carbonyl (C=O) groups is 4. The van der Waals surface area contributed by atoms with Crippen molar-refractivity contribution in [2.45, 2.75) is 102 Å². The molecule has 1 saturated heterocycles. The average Bonchev–Trinajstić information content (AvgIpc) is 3.72. The first-order valence-corrected chi connectivity index (χ1v) is 15.0. The zero-order valence-corrected chi connectivity index (χ0v) is 26.1. The standard InChI is InChI=1S/C32H40O13/c1-7-17(2)26(35)42-22-13-30(6,38)32-24(34)21(29(4,5)45-32)12-23(43-27(36)19-8-10-39-14-19)31(32,16-41-18(3)33)25(22)44-28(37)20-9-11-40-15-20/h8-11,14-15,17,21-25,34,38H,7,12-13,16H2,1-6H3/t17-,21-,22+,23+,24-,25+,30+,31-,32+/m1/s1. The first kappa shape index (κ1) is 32.7. The van der Waals surface area contributed by atoms with Gasteiger partial charge in [0.05, 0.1) is 46.9 Å². The van der Waals surface area contributed by atoms with Gasteiger partial charge in [-0.3, -0.25) is 9.59 Å². The number of aliphatic hydroxyl groups excluding tert-OH is 1. The lowest BCUT2D eigenvalue weighted by Crippen LogP contribution is -2.83. The Kier molecular flexibility index (Phi) is 8.43. The number of carbonyl (C=O) groups excluding carboxylic acids is 4. The second-order valence-corrected chi connectivity index (χ2v) is 13.1. The number of hydrogen-bond acceptors (Lipinski definition) is 13. The highest BCUT2D eigenvalue weighted by Gasteiger charge is 2.85. The Balaban J connectivity index is 1.76. The van der Waals surface area contributed by atoms with Gasteiger partial charge in [-0.15, -0.1) is 0 Å². The molecule has 2 bridgehead atoms. The van der Waals surface area contributed by atoms with Crippen LogP contribution in [0.25, 0.3) is 0 Å². The molecule has 0 unspecified atom stereocenters. The van der Waals surface area contributed by atoms with Crippen molar-refractivity contribution < 1.29 is 61.9 Å². The number of aliphatic hydroxyl groups is 2. The Morgan fingerprint density at radius 2 is 1.60 bits per heavy atom. The van der Waals surface area contributed by atoms with Gasteiger partial charge in [-0.05, 0) is 45.7 Å². The molecule has 0 radical (unpaired) electrons. The van der Waals surface area contributed by atoms with E-state index in [9.17, 15) is 29.4 Å². The fourth-order valence-corrected chi connectivity index (χ4v) is 7.50. The molecule has 45 heavy (non-hydrogen) atoms. The lowest BCUT2D eigenvalue weighted by Gasteiger charge is -2.65. The lowest BCUT2D eigenvalue weighted by atomic mass is 9.46. The SMILES string of the molecule is CC[C@@H](C)C(=O)O[C@H]1C[C@](C)(O)[C@]23OC(C)(C)[C@H](C[C@H](OC(=O)c4ccoc4)[C@]2(COC(C)=O)[C@H]1OC(=O)c1ccoc1)[C@H]3O. The van der Waals surface area contributed by atoms with Gasteiger partial charge in [0.25, 0.3) is 0 Å². The molecule has 3 aliphatic rings. The average molecular weight is 633 g/mol. The summed E-state index contributed by atoms with van der Waals surface area (Å²) in [5.41, 5.74) is -7.11. The van der Waals surface area contributed by atoms with Crippen molar-refractivity contribution >= 4 is 23.9 Å². The van der Waals surface area contributed by atoms with E-state index in [0.29, 0.717) is 6.42 Å². The highest BCUT2D eigenvalue weighted by Crippen LogP contribution is 2.68. The summed E-state index contributed by atoms with van der Waals surface area (Å²) in [7, 11) is 0. The molecule has 1 spiro atoms. The van der Waals surface area contributed by atoms with E-state index >= 15 is 0 Å². The van der Waals surface area contributed by atoms with Crippen molar-refractivity contribution in [3.05, 3.63) is 48.3 Å². The first-order valence-electron chi connectivity index (χ1n) is 15.0. The molecule has 246 valence electrons. The number of furan rings is 2. The summed E-state index contributed by atoms with van der Waals surface area (Å²) < 4.78 is 40.7. The van der Waals surface area contributed by atoms with Crippen molar-refractivity contribution in [3.8, 4) is 0 Å². The topological polar surface area (TPSA) is 181 Å². The minimum atomic E-state index is -2.07. The summed E-state index contributed by atoms with van der Waals surface area (Å²) in [5, 5.41) is 24.5. The Bertz CT molecular complexity index is 1410. The first-order chi connectivity index (χ1) is 21.1. The van der Waals surface area contributed by atoms with Crippen LogP contribution in [0.2, 0.25) is 0 Å². The maximum Gasteiger partial charge on any atom is 0.341 e. The Hall–Kier alpha value is -3.68. The minimum Gasteiger partial charge on any atom is -0.472 e. The van der Waals surface area contributed by atoms with Crippen LogP contribution in [-0.2, 0) is 33.3 Å². The molecular formula is C32H40O13. The molecule has 2 aromatic rings. The fraction of sp³-hybridized carbons (Fsp3) is 0.625. The van der Waals surface area contributed by atoms with Crippen LogP contribution in [0.15, 0.2) is 46.0 Å². The number of esters is 4. The highest BCUT2D eigenvalue weighted by atomic mass is 16.6. The van der Waals surface area contributed by atoms with Crippen LogP contribution >= 0.6 is 0 Å². The molecule has 13 nitrogen and oxygen atoms in total. The van der Waals surface area contributed by atoms with E-state index in [1.165, 1.54) is 37.8 Å². The van der Waals surface area contributed by atoms with E-state index < -0.39 is 89.0 Å². The second kappa shape index (κ2) is 11.6. The molecule has 3 heterocycles. The van der Waals surface area contributed by atoms with Crippen LogP contribution < -0.4 is 0 Å². The van der Waals surface area contributed by atoms with Gasteiger partial charge in [0.2, 0.25) is 0 Å². The minimum absolute atomic E-state index is 0.0184. The van der Waals surface area contributed by atoms with Crippen molar-refractivity contribution in [2.75, 3.05) is 6.61 Å². The van der Waals surface area contributed by atoms with Crippen molar-refractivity contribution in [3.63, 3.8) is 0 Å². The fourth-order valence-electron chi connectivity index (χ4n) is 7.50. The number of rotatable bonds is 9. The second-order valence-electron chi connectivity index (χ2n) is 13.1. The van der Waals surface area contributed by atoms with Crippen LogP contribution in [0.5, 0.6) is 0 Å². The summed E-state index contributed by atoms with van der Waals surface area (Å²) in [6, 6.07) is 2.76. The zero-order valence-electron chi connectivity index (χ0n) is 26.1. The van der Waals surface area contributed by atoms with Crippen molar-refractivity contribution in [1.29, 1.82) is 0 Å². The molecule has 0 amide bonds. The van der Waals surface area contributed by atoms with Gasteiger partial charge in [-0.25, -0.2) is 9.59 Å². The maximum absolute atomic E-state index is 13.6. The van der Waals surface area contributed by atoms with Crippen LogP contribution in [0.3, 0.4) is 0 Å². The quantitative estimate of drug-likeness (QED) is 0.304. The summed E-state index contributed by atoms with van der Waals surface area (Å²) in [6.45, 7) is 8.84. The molecule has 13 heteroatoms. The van der Waals surface area contributed by atoms with Crippen LogP contribution in [0.4, 0.5) is 0 Å². The van der Waals surface area contributed by atoms with E-state index in [4.69, 9.17) is 32.5 Å². The van der Waals surface area contributed by atoms with E-state index in [2.05, 4.69) is 0 Å². The molecular weight excluding hydrogens is 592 g/mol. The molecule has 0 aromatic carbocycles. The van der Waals surface area contributed by atoms with E-state index in [-0.39, 0.29) is 24.0 Å².